The van der Waals surface area contributed by atoms with Crippen LogP contribution in [0, 0.1) is 0 Å². The normalized spacial score (nSPS) is 12.6. The average molecular weight is 1820 g/mol. The van der Waals surface area contributed by atoms with Crippen molar-refractivity contribution >= 4 is 21.8 Å². The van der Waals surface area contributed by atoms with Gasteiger partial charge in [-0.3, -0.25) is 9.59 Å². The van der Waals surface area contributed by atoms with Gasteiger partial charge in [-0.2, -0.15) is 4.31 Å². The minimum absolute atomic E-state index is 0.00880. The summed E-state index contributed by atoms with van der Waals surface area (Å²) in [7, 11) is -2.16. The van der Waals surface area contributed by atoms with Gasteiger partial charge in [-0.1, -0.05) is 94.1 Å². The Bertz CT molecular complexity index is 3000. The second-order valence-electron chi connectivity index (χ2n) is 23.7. The monoisotopic (exact) mass is 1820 g/mol. The maximum Gasteiger partial charge on any atom is 0.309 e. The molecule has 12 N–H and O–H groups in total. The number of carbonyl (C=O) groups is 2. The van der Waals surface area contributed by atoms with Gasteiger partial charge in [0.25, 0.3) is 0 Å². The van der Waals surface area contributed by atoms with Gasteiger partial charge in [-0.05, 0) is 139 Å². The lowest BCUT2D eigenvalue weighted by Gasteiger charge is -2.21. The molecule has 1 aliphatic rings. The largest absolute Gasteiger partial charge is 0.502 e. The SMILES string of the molecule is C=COCCCCO.C=COCCN(CCO)S(=O)(=O)c1ccc(OC)cc1.C=COCCNC(=O)C(=O)NCCO.C=COCCOCCO.C=COC[C@@H]1OC(c2ccccc2)O[C@H]1CO.C=COCc1ccc(CO)cc1.CCO/C=C/CCCO.CCO/C=C/CCOCCOCCO.CCO/C=C\CCCO.CCO/C=C\CCOCCOCCO. The van der Waals surface area contributed by atoms with Crippen molar-refractivity contribution in [3.8, 4) is 5.75 Å². The van der Waals surface area contributed by atoms with Crippen LogP contribution in [-0.4, -0.2) is 306 Å². The van der Waals surface area contributed by atoms with Crippen LogP contribution in [0.3, 0.4) is 0 Å². The Balaban J connectivity index is -0.000000322. The zero-order valence-corrected chi connectivity index (χ0v) is 75.9. The highest BCUT2D eigenvalue weighted by molar-refractivity contribution is 7.89. The first-order valence-corrected chi connectivity index (χ1v) is 42.9. The lowest BCUT2D eigenvalue weighted by atomic mass is 10.1. The predicted molar refractivity (Wildman–Crippen MR) is 483 cm³/mol. The van der Waals surface area contributed by atoms with Crippen molar-refractivity contribution in [3.63, 3.8) is 0 Å². The highest BCUT2D eigenvalue weighted by atomic mass is 32.2. The minimum Gasteiger partial charge on any atom is -0.502 e. The van der Waals surface area contributed by atoms with E-state index in [1.165, 1.54) is 56.8 Å². The van der Waals surface area contributed by atoms with Gasteiger partial charge >= 0.3 is 11.8 Å². The summed E-state index contributed by atoms with van der Waals surface area (Å²) in [6.45, 7) is 39.6. The Morgan fingerprint density at radius 3 is 1.25 bits per heavy atom. The van der Waals surface area contributed by atoms with Crippen molar-refractivity contribution in [2.24, 2.45) is 0 Å². The fraction of sp³-hybridized carbons (Fsp3) is 0.556. The molecule has 3 aromatic rings. The number of hydrogen-bond acceptors (Lipinski definition) is 32. The molecule has 726 valence electrons. The second kappa shape index (κ2) is 108. The van der Waals surface area contributed by atoms with Crippen LogP contribution in [0.15, 0.2) is 210 Å². The fourth-order valence-corrected chi connectivity index (χ4v) is 9.47. The highest BCUT2D eigenvalue weighted by Gasteiger charge is 2.37. The second-order valence-corrected chi connectivity index (χ2v) is 25.6. The summed E-state index contributed by atoms with van der Waals surface area (Å²) in [5.41, 5.74) is 2.93. The van der Waals surface area contributed by atoms with Gasteiger partial charge in [0.15, 0.2) is 6.29 Å². The molecule has 2 amide bonds. The van der Waals surface area contributed by atoms with Crippen LogP contribution in [0.25, 0.3) is 0 Å². The number of nitrogens with one attached hydrogen (secondary N) is 2. The summed E-state index contributed by atoms with van der Waals surface area (Å²) < 4.78 is 117. The molecule has 0 saturated carbocycles. The lowest BCUT2D eigenvalue weighted by molar-refractivity contribution is -0.139. The molecule has 3 aromatic carbocycles. The van der Waals surface area contributed by atoms with Gasteiger partial charge in [0, 0.05) is 45.0 Å². The molecule has 35 nitrogen and oxygen atoms in total. The third-order valence-electron chi connectivity index (χ3n) is 14.1. The van der Waals surface area contributed by atoms with Crippen molar-refractivity contribution in [1.82, 2.24) is 14.9 Å². The van der Waals surface area contributed by atoms with Crippen LogP contribution >= 0.6 is 0 Å². The number of nitrogens with zero attached hydrogens (tertiary/aromatic N) is 1. The lowest BCUT2D eigenvalue weighted by Crippen LogP contribution is -2.41. The number of aliphatic hydroxyl groups is 10. The van der Waals surface area contributed by atoms with Gasteiger partial charge in [0.1, 0.15) is 51.0 Å². The fourth-order valence-electron chi connectivity index (χ4n) is 8.05. The zero-order chi connectivity index (χ0) is 94.8. The number of benzene rings is 3. The average Bonchev–Trinajstić information content (AvgIpc) is 1.12. The Hall–Kier alpha value is -8.97. The van der Waals surface area contributed by atoms with E-state index in [0.29, 0.717) is 111 Å². The summed E-state index contributed by atoms with van der Waals surface area (Å²) in [5, 5.41) is 89.9. The minimum atomic E-state index is -3.67. The number of amides is 2. The summed E-state index contributed by atoms with van der Waals surface area (Å²) in [6, 6.07) is 23.3. The van der Waals surface area contributed by atoms with E-state index < -0.39 is 28.1 Å². The molecule has 0 radical (unpaired) electrons. The van der Waals surface area contributed by atoms with Crippen LogP contribution < -0.4 is 15.4 Å². The molecule has 126 heavy (non-hydrogen) atoms. The van der Waals surface area contributed by atoms with Gasteiger partial charge in [-0.25, -0.2) is 8.42 Å². The zero-order valence-electron chi connectivity index (χ0n) is 75.1. The van der Waals surface area contributed by atoms with Crippen LogP contribution in [0.1, 0.15) is 102 Å². The Kier molecular flexibility index (Phi) is 110. The molecule has 1 heterocycles. The number of unbranched alkanes of at least 4 members (excludes halogenated alkanes) is 3. The maximum absolute atomic E-state index is 12.4. The first-order valence-electron chi connectivity index (χ1n) is 41.5. The number of ether oxygens (including phenoxy) is 18. The molecule has 1 aliphatic heterocycles. The van der Waals surface area contributed by atoms with Crippen LogP contribution in [0.5, 0.6) is 5.75 Å². The Labute approximate surface area is 749 Å². The van der Waals surface area contributed by atoms with E-state index >= 15 is 0 Å². The summed E-state index contributed by atoms with van der Waals surface area (Å²) in [5.74, 6) is -0.934. The van der Waals surface area contributed by atoms with Crippen molar-refractivity contribution < 1.29 is 154 Å². The summed E-state index contributed by atoms with van der Waals surface area (Å²) >= 11 is 0. The van der Waals surface area contributed by atoms with Crippen molar-refractivity contribution in [3.05, 3.63) is 222 Å². The molecule has 0 bridgehead atoms. The molecule has 1 saturated heterocycles. The molecular formula is C90H153N3O32S. The summed E-state index contributed by atoms with van der Waals surface area (Å²) in [6.07, 6.45) is 28.2. The predicted octanol–water partition coefficient (Wildman–Crippen LogP) is 8.27. The molecule has 1 unspecified atom stereocenters. The Morgan fingerprint density at radius 1 is 0.405 bits per heavy atom. The number of methoxy groups -OCH3 is 1. The summed E-state index contributed by atoms with van der Waals surface area (Å²) in [4.78, 5) is 21.9. The number of hydrogen-bond donors (Lipinski definition) is 12. The maximum atomic E-state index is 12.4. The van der Waals surface area contributed by atoms with Gasteiger partial charge < -0.3 is 147 Å². The van der Waals surface area contributed by atoms with E-state index in [2.05, 4.69) is 50.1 Å². The number of rotatable bonds is 65. The highest BCUT2D eigenvalue weighted by Crippen LogP contribution is 2.31. The molecule has 0 aliphatic carbocycles. The van der Waals surface area contributed by atoms with Crippen LogP contribution in [0.2, 0.25) is 0 Å². The van der Waals surface area contributed by atoms with E-state index in [9.17, 15) is 23.1 Å². The van der Waals surface area contributed by atoms with Gasteiger partial charge in [0.2, 0.25) is 10.0 Å². The van der Waals surface area contributed by atoms with E-state index in [1.807, 2.05) is 107 Å². The molecule has 4 rings (SSSR count). The van der Waals surface area contributed by atoms with Crippen molar-refractivity contribution in [1.29, 1.82) is 0 Å². The quantitative estimate of drug-likeness (QED) is 0.0144. The first kappa shape index (κ1) is 128. The van der Waals surface area contributed by atoms with Crippen LogP contribution in [-0.2, 0) is 113 Å². The number of carbonyl (C=O) groups excluding carboxylic acids is 2. The molecule has 1 fully saturated rings. The number of aliphatic hydroxyl groups excluding tert-OH is 10. The molecule has 0 aromatic heterocycles. The topological polar surface area (TPSA) is 464 Å². The Morgan fingerprint density at radius 2 is 0.825 bits per heavy atom. The smallest absolute Gasteiger partial charge is 0.309 e. The van der Waals surface area contributed by atoms with Crippen molar-refractivity contribution in [2.45, 2.75) is 116 Å². The molecule has 36 heteroatoms. The molecular weight excluding hydrogens is 1670 g/mol. The third kappa shape index (κ3) is 91.2. The number of sulfonamides is 1. The molecule has 3 atom stereocenters. The van der Waals surface area contributed by atoms with E-state index in [-0.39, 0.29) is 123 Å². The number of allylic oxidation sites excluding steroid dienone is 2. The van der Waals surface area contributed by atoms with Crippen LogP contribution in [0.4, 0.5) is 0 Å². The standard InChI is InChI=1S/C13H19NO5S.C13H16O4.2C10H20O4.C10H12O2.C8H14N2O4.2C7H14O2.C6H12O3.C6H12O2/c1-3-19-11-9-14(8-10-15)20(16,17)13-6-4-12(18-2)5-7-13;1-2-15-9-12-11(8-14)16-13(17-12)10-6-4-3-5-7-10;2*1-2-12-6-3-4-7-13-9-10-14-8-5-11;1-2-12-8-10-5-3-9(7-11)4-6-10;1-2-14-6-4-10-8(13)7(12)9-3-5-11;2*1-2-9-7-5-3-4-6-8;1-2-8-5-6-9-4-3-7;1-2-8-6-4-3-5-7/h3-7,15H,1,8-11H2,2H3;2-7,11-14H,1,8-9H2;2*3,6,11H,2,4-5,7-10H2,1H3;2-6,11H,1,7-8H2;2,11H,1,3-6H2,(H,9,12)(H,10,13);2*5,7-8H,2-4,6H2,1H3;2,7H,1,3-6H2;2,7H,1,3-6H2/b;;6-3+;6-3-;;;7-5+;7-5-;;/t;11-,12-,13?;;;;;;;;/m.0......../s1. The van der Waals surface area contributed by atoms with Crippen molar-refractivity contribution in [2.75, 3.05) is 218 Å². The third-order valence-corrected chi connectivity index (χ3v) is 16.0. The molecule has 0 spiro atoms. The van der Waals surface area contributed by atoms with Gasteiger partial charge in [0.05, 0.1) is 227 Å². The first-order chi connectivity index (χ1) is 61.5. The van der Waals surface area contributed by atoms with Gasteiger partial charge in [-0.15, -0.1) is 0 Å². The van der Waals surface area contributed by atoms with E-state index in [4.69, 9.17) is 131 Å². The van der Waals surface area contributed by atoms with E-state index in [1.54, 1.807) is 37.2 Å². The van der Waals surface area contributed by atoms with E-state index in [0.717, 1.165) is 85.6 Å².